The van der Waals surface area contributed by atoms with Crippen molar-refractivity contribution < 1.29 is 9.90 Å². The van der Waals surface area contributed by atoms with Gasteiger partial charge in [-0.2, -0.15) is 5.10 Å². The lowest BCUT2D eigenvalue weighted by atomic mass is 10.4. The summed E-state index contributed by atoms with van der Waals surface area (Å²) < 4.78 is 1.21. The first kappa shape index (κ1) is 7.08. The molecule has 0 unspecified atom stereocenters. The highest BCUT2D eigenvalue weighted by molar-refractivity contribution is 6.33. The second-order valence-electron chi connectivity index (χ2n) is 1.77. The highest BCUT2D eigenvalue weighted by Crippen LogP contribution is 2.12. The van der Waals surface area contributed by atoms with E-state index in [1.165, 1.54) is 17.9 Å². The number of hydrogen-bond acceptors (Lipinski definition) is 2. The molecule has 0 saturated heterocycles. The molecule has 1 aromatic rings. The molecule has 4 nitrogen and oxygen atoms in total. The van der Waals surface area contributed by atoms with E-state index in [9.17, 15) is 4.79 Å². The van der Waals surface area contributed by atoms with Crippen LogP contribution in [-0.2, 0) is 7.05 Å². The van der Waals surface area contributed by atoms with Gasteiger partial charge < -0.3 is 5.11 Å². The van der Waals surface area contributed by atoms with Gasteiger partial charge in [-0.25, -0.2) is 4.79 Å². The average Bonchev–Trinajstić information content (AvgIpc) is 2.11. The minimum Gasteiger partial charge on any atom is -0.476 e. The Kier molecular flexibility index (Phi) is 1.63. The molecule has 54 valence electrons. The Bertz CT molecular complexity index is 249. The topological polar surface area (TPSA) is 55.1 Å². The van der Waals surface area contributed by atoms with E-state index in [1.54, 1.807) is 0 Å². The van der Waals surface area contributed by atoms with Crippen molar-refractivity contribution in [3.05, 3.63) is 16.9 Å². The summed E-state index contributed by atoms with van der Waals surface area (Å²) in [6.07, 6.45) is 1.30. The largest absolute Gasteiger partial charge is 0.476 e. The number of nitrogens with zero attached hydrogens (tertiary/aromatic N) is 2. The van der Waals surface area contributed by atoms with Crippen LogP contribution in [0.1, 0.15) is 10.5 Å². The van der Waals surface area contributed by atoms with Crippen LogP contribution in [0.4, 0.5) is 0 Å². The van der Waals surface area contributed by atoms with Gasteiger partial charge in [-0.05, 0) is 0 Å². The number of aromatic carboxylic acids is 1. The second-order valence-corrected chi connectivity index (χ2v) is 2.18. The van der Waals surface area contributed by atoms with Crippen molar-refractivity contribution in [3.63, 3.8) is 0 Å². The van der Waals surface area contributed by atoms with Crippen molar-refractivity contribution in [2.75, 3.05) is 0 Å². The number of carboxylic acids is 1. The van der Waals surface area contributed by atoms with Crippen LogP contribution in [0.15, 0.2) is 6.20 Å². The molecule has 0 amide bonds. The number of carbonyl (C=O) groups is 1. The van der Waals surface area contributed by atoms with Crippen molar-refractivity contribution in [1.29, 1.82) is 0 Å². The maximum absolute atomic E-state index is 10.4. The van der Waals surface area contributed by atoms with Gasteiger partial charge in [0.15, 0.2) is 5.69 Å². The van der Waals surface area contributed by atoms with Crippen LogP contribution in [0.25, 0.3) is 0 Å². The van der Waals surface area contributed by atoms with Gasteiger partial charge >= 0.3 is 5.97 Å². The molecule has 0 aliphatic rings. The molecule has 1 N–H and O–H groups in total. The summed E-state index contributed by atoms with van der Waals surface area (Å²) >= 11 is 5.48. The van der Waals surface area contributed by atoms with Gasteiger partial charge in [-0.1, -0.05) is 11.6 Å². The number of halogens is 1. The average molecular weight is 161 g/mol. The molecule has 0 aliphatic carbocycles. The van der Waals surface area contributed by atoms with E-state index in [2.05, 4.69) is 5.10 Å². The quantitative estimate of drug-likeness (QED) is 0.660. The lowest BCUT2D eigenvalue weighted by Gasteiger charge is -1.92. The minimum absolute atomic E-state index is 0.0154. The number of hydrogen-bond donors (Lipinski definition) is 1. The molecule has 0 aromatic carbocycles. The molecule has 1 aromatic heterocycles. The third-order valence-electron chi connectivity index (χ3n) is 1.10. The van der Waals surface area contributed by atoms with Gasteiger partial charge in [0, 0.05) is 7.05 Å². The Morgan fingerprint density at radius 1 is 1.90 bits per heavy atom. The van der Waals surface area contributed by atoms with E-state index in [0.29, 0.717) is 0 Å². The van der Waals surface area contributed by atoms with E-state index < -0.39 is 5.97 Å². The Morgan fingerprint density at radius 3 is 2.70 bits per heavy atom. The van der Waals surface area contributed by atoms with E-state index in [0.717, 1.165) is 0 Å². The predicted octanol–water partition coefficient (Wildman–Crippen LogP) is 0.772. The molecule has 0 fully saturated rings. The first-order valence-electron chi connectivity index (χ1n) is 2.53. The number of aryl methyl sites for hydroxylation is 1. The zero-order valence-corrected chi connectivity index (χ0v) is 5.96. The van der Waals surface area contributed by atoms with Gasteiger partial charge in [-0.15, -0.1) is 0 Å². The minimum atomic E-state index is -1.06. The third kappa shape index (κ3) is 0.974. The Hall–Kier alpha value is -1.03. The molecule has 0 atom stereocenters. The molecule has 0 saturated carbocycles. The maximum Gasteiger partial charge on any atom is 0.355 e. The highest BCUT2D eigenvalue weighted by Gasteiger charge is 2.12. The van der Waals surface area contributed by atoms with Gasteiger partial charge in [0.05, 0.1) is 11.2 Å². The summed E-state index contributed by atoms with van der Waals surface area (Å²) in [5.41, 5.74) is 0.0154. The molecular weight excluding hydrogens is 156 g/mol. The summed E-state index contributed by atoms with van der Waals surface area (Å²) in [6, 6.07) is 0. The summed E-state index contributed by atoms with van der Waals surface area (Å²) in [4.78, 5) is 10.4. The predicted molar refractivity (Wildman–Crippen MR) is 35.2 cm³/mol. The number of rotatable bonds is 1. The lowest BCUT2D eigenvalue weighted by Crippen LogP contribution is -2.05. The summed E-state index contributed by atoms with van der Waals surface area (Å²) in [5.74, 6) is -1.06. The fraction of sp³-hybridized carbons (Fsp3) is 0.200. The summed E-state index contributed by atoms with van der Waals surface area (Å²) in [5, 5.41) is 12.3. The molecule has 0 spiro atoms. The maximum atomic E-state index is 10.4. The smallest absolute Gasteiger partial charge is 0.355 e. The van der Waals surface area contributed by atoms with Crippen molar-refractivity contribution in [3.8, 4) is 0 Å². The van der Waals surface area contributed by atoms with Gasteiger partial charge in [0.1, 0.15) is 0 Å². The fourth-order valence-corrected chi connectivity index (χ4v) is 0.898. The van der Waals surface area contributed by atoms with Crippen molar-refractivity contribution in [2.24, 2.45) is 7.05 Å². The van der Waals surface area contributed by atoms with Gasteiger partial charge in [0.2, 0.25) is 0 Å². The zero-order valence-electron chi connectivity index (χ0n) is 5.21. The van der Waals surface area contributed by atoms with E-state index in [1.807, 2.05) is 0 Å². The highest BCUT2D eigenvalue weighted by atomic mass is 35.5. The van der Waals surface area contributed by atoms with E-state index in [-0.39, 0.29) is 10.7 Å². The molecule has 1 heterocycles. The molecule has 1 rings (SSSR count). The van der Waals surface area contributed by atoms with Gasteiger partial charge in [0.25, 0.3) is 0 Å². The molecule has 0 radical (unpaired) electrons. The van der Waals surface area contributed by atoms with Crippen molar-refractivity contribution in [2.45, 2.75) is 0 Å². The van der Waals surface area contributed by atoms with Crippen LogP contribution in [-0.4, -0.2) is 20.9 Å². The second kappa shape index (κ2) is 2.30. The molecule has 5 heteroatoms. The Morgan fingerprint density at radius 2 is 2.50 bits per heavy atom. The first-order chi connectivity index (χ1) is 4.63. The van der Waals surface area contributed by atoms with Crippen LogP contribution in [0.2, 0.25) is 5.02 Å². The van der Waals surface area contributed by atoms with Crippen LogP contribution in [0.5, 0.6) is 0 Å². The molecule has 10 heavy (non-hydrogen) atoms. The Labute approximate surface area is 62.0 Å². The lowest BCUT2D eigenvalue weighted by molar-refractivity contribution is 0.0685. The van der Waals surface area contributed by atoms with E-state index >= 15 is 0 Å². The van der Waals surface area contributed by atoms with Crippen LogP contribution < -0.4 is 0 Å². The van der Waals surface area contributed by atoms with Crippen LogP contribution in [0.3, 0.4) is 0 Å². The SMILES string of the molecule is Cn1ncc(Cl)c1C(=O)O. The first-order valence-corrected chi connectivity index (χ1v) is 2.91. The molecule has 0 bridgehead atoms. The third-order valence-corrected chi connectivity index (χ3v) is 1.37. The van der Waals surface area contributed by atoms with Crippen LogP contribution >= 0.6 is 11.6 Å². The number of aromatic nitrogens is 2. The fourth-order valence-electron chi connectivity index (χ4n) is 0.651. The Balaban J connectivity index is 3.23. The van der Waals surface area contributed by atoms with Gasteiger partial charge in [-0.3, -0.25) is 4.68 Å². The standard InChI is InChI=1S/C5H5ClN2O2/c1-8-4(5(9)10)3(6)2-7-8/h2H,1H3,(H,9,10). The van der Waals surface area contributed by atoms with Crippen molar-refractivity contribution in [1.82, 2.24) is 9.78 Å². The monoisotopic (exact) mass is 160 g/mol. The zero-order chi connectivity index (χ0) is 7.72. The van der Waals surface area contributed by atoms with E-state index in [4.69, 9.17) is 16.7 Å². The molecule has 0 aliphatic heterocycles. The number of carboxylic acid groups (broad SMARTS) is 1. The molecular formula is C5H5ClN2O2. The van der Waals surface area contributed by atoms with Crippen molar-refractivity contribution >= 4 is 17.6 Å². The summed E-state index contributed by atoms with van der Waals surface area (Å²) in [6.45, 7) is 0. The summed E-state index contributed by atoms with van der Waals surface area (Å²) in [7, 11) is 1.52. The van der Waals surface area contributed by atoms with Crippen LogP contribution in [0, 0.1) is 0 Å². The normalized spacial score (nSPS) is 9.80.